The van der Waals surface area contributed by atoms with Crippen molar-refractivity contribution in [1.82, 2.24) is 34.2 Å². The number of anilines is 1. The quantitative estimate of drug-likeness (QED) is 0.102. The van der Waals surface area contributed by atoms with Crippen molar-refractivity contribution in [2.24, 2.45) is 0 Å². The summed E-state index contributed by atoms with van der Waals surface area (Å²) in [5.41, 5.74) is 5.00. The fourth-order valence-electron chi connectivity index (χ4n) is 5.66. The van der Waals surface area contributed by atoms with E-state index < -0.39 is 80.7 Å². The first-order valence-corrected chi connectivity index (χ1v) is 16.4. The molecule has 4 aromatic rings. The van der Waals surface area contributed by atoms with Crippen molar-refractivity contribution in [2.45, 2.75) is 62.9 Å². The van der Waals surface area contributed by atoms with Crippen LogP contribution >= 0.6 is 7.75 Å². The van der Waals surface area contributed by atoms with E-state index in [-0.39, 0.29) is 35.6 Å². The highest BCUT2D eigenvalue weighted by atomic mass is 31.2. The second kappa shape index (κ2) is 13.8. The van der Waals surface area contributed by atoms with Gasteiger partial charge in [0.15, 0.2) is 17.4 Å². The van der Waals surface area contributed by atoms with Gasteiger partial charge in [-0.1, -0.05) is 30.3 Å². The molecule has 20 heteroatoms. The van der Waals surface area contributed by atoms with Crippen LogP contribution in [0.3, 0.4) is 0 Å². The maximum atomic E-state index is 14.3. The minimum atomic E-state index is -4.28. The van der Waals surface area contributed by atoms with E-state index in [9.17, 15) is 29.2 Å². The Hall–Kier alpha value is -4.04. The summed E-state index contributed by atoms with van der Waals surface area (Å²) in [6, 6.07) is 9.02. The number of ether oxygens (including phenoxy) is 3. The Morgan fingerprint density at radius 3 is 2.62 bits per heavy atom. The van der Waals surface area contributed by atoms with Gasteiger partial charge in [-0.15, -0.1) is 0 Å². The predicted octanol–water partition coefficient (Wildman–Crippen LogP) is -0.587. The SMILES string of the molecule is CO[C@H]1C(O)[C@@H](COP(=O)(NCc2ccccc2)O[C@@H]2C[C@H](n3cc(C)c(=O)[nH]c3=O)O[C@@H]2CO)O[C@H]1n1cnc2c(=O)[nH]c(N)nc21. The van der Waals surface area contributed by atoms with Gasteiger partial charge in [-0.3, -0.25) is 37.7 Å². The lowest BCUT2D eigenvalue weighted by Gasteiger charge is -2.26. The molecule has 2 aliphatic rings. The number of fused-ring (bicyclic) bond motifs is 1. The molecule has 0 radical (unpaired) electrons. The number of aliphatic hydroxyl groups excluding tert-OH is 2. The van der Waals surface area contributed by atoms with Crippen LogP contribution in [0.2, 0.25) is 0 Å². The van der Waals surface area contributed by atoms with Crippen molar-refractivity contribution >= 4 is 24.9 Å². The molecule has 19 nitrogen and oxygen atoms in total. The number of rotatable bonds is 12. The van der Waals surface area contributed by atoms with Gasteiger partial charge in [0.25, 0.3) is 11.1 Å². The topological polar surface area (TPSA) is 260 Å². The molecule has 3 aromatic heterocycles. The maximum Gasteiger partial charge on any atom is 0.406 e. The molecule has 48 heavy (non-hydrogen) atoms. The van der Waals surface area contributed by atoms with Gasteiger partial charge < -0.3 is 30.2 Å². The Labute approximate surface area is 271 Å². The zero-order chi connectivity index (χ0) is 34.2. The fraction of sp³-hybridized carbons (Fsp3) is 0.464. The highest BCUT2D eigenvalue weighted by molar-refractivity contribution is 7.51. The summed E-state index contributed by atoms with van der Waals surface area (Å²) in [5.74, 6) is -0.149. The van der Waals surface area contributed by atoms with Crippen LogP contribution in [0, 0.1) is 6.92 Å². The number of nitrogens with zero attached hydrogens (tertiary/aromatic N) is 4. The van der Waals surface area contributed by atoms with Gasteiger partial charge in [-0.05, 0) is 12.5 Å². The van der Waals surface area contributed by atoms with Crippen molar-refractivity contribution < 1.29 is 38.0 Å². The number of nitrogen functional groups attached to an aromatic ring is 1. The average molecular weight is 691 g/mol. The monoisotopic (exact) mass is 690 g/mol. The molecular formula is C28H35N8O11P. The number of aromatic amines is 2. The smallest absolute Gasteiger partial charge is 0.394 e. The summed E-state index contributed by atoms with van der Waals surface area (Å²) in [7, 11) is -2.92. The van der Waals surface area contributed by atoms with E-state index in [1.54, 1.807) is 24.3 Å². The molecule has 0 saturated carbocycles. The molecule has 2 aliphatic heterocycles. The van der Waals surface area contributed by atoms with Crippen LogP contribution in [0.1, 0.15) is 30.0 Å². The number of aryl methyl sites for hydroxylation is 1. The van der Waals surface area contributed by atoms with Gasteiger partial charge in [0, 0.05) is 31.8 Å². The first kappa shape index (κ1) is 33.8. The number of imidazole rings is 1. The summed E-state index contributed by atoms with van der Waals surface area (Å²) in [5, 5.41) is 24.1. The fourth-order valence-corrected chi connectivity index (χ4v) is 7.18. The highest BCUT2D eigenvalue weighted by Crippen LogP contribution is 2.49. The lowest BCUT2D eigenvalue weighted by Crippen LogP contribution is -2.36. The van der Waals surface area contributed by atoms with Crippen LogP contribution in [0.5, 0.6) is 0 Å². The van der Waals surface area contributed by atoms with Crippen molar-refractivity contribution in [1.29, 1.82) is 0 Å². The van der Waals surface area contributed by atoms with E-state index in [1.165, 1.54) is 31.1 Å². The number of aromatic nitrogens is 6. The normalized spacial score (nSPS) is 27.0. The molecule has 8 atom stereocenters. The third kappa shape index (κ3) is 6.77. The number of hydrogen-bond acceptors (Lipinski definition) is 14. The second-order valence-corrected chi connectivity index (χ2v) is 13.1. The molecule has 5 heterocycles. The number of aliphatic hydroxyl groups is 2. The molecular weight excluding hydrogens is 655 g/mol. The standard InChI is InChI=1S/C28H35N8O11P/c1-14-10-35(28(41)34-24(14)39)19-8-16(17(11-37)45-19)47-48(42,31-9-15-6-4-3-5-7-15)44-12-18-21(38)22(43-2)26(46-18)36-13-30-20-23(36)32-27(29)33-25(20)40/h3-7,10,13,16-19,21-22,26,37-38H,8-9,11-12H2,1-2H3,(H,31,42)(H,34,39,41)(H3,29,32,33,40)/t16-,17-,18-,19-,21?,22+,26-,48?/m1/s1. The van der Waals surface area contributed by atoms with Gasteiger partial charge in [0.05, 0.1) is 19.5 Å². The Bertz CT molecular complexity index is 1980. The van der Waals surface area contributed by atoms with Crippen LogP contribution in [0.25, 0.3) is 11.2 Å². The molecule has 0 bridgehead atoms. The molecule has 0 amide bonds. The molecule has 0 aliphatic carbocycles. The van der Waals surface area contributed by atoms with Crippen molar-refractivity contribution in [3.05, 3.63) is 85.2 Å². The van der Waals surface area contributed by atoms with Gasteiger partial charge >= 0.3 is 13.4 Å². The zero-order valence-electron chi connectivity index (χ0n) is 25.8. The van der Waals surface area contributed by atoms with E-state index in [0.717, 1.165) is 10.1 Å². The van der Waals surface area contributed by atoms with Crippen molar-refractivity contribution in [2.75, 3.05) is 26.1 Å². The predicted molar refractivity (Wildman–Crippen MR) is 167 cm³/mol. The minimum Gasteiger partial charge on any atom is -0.394 e. The lowest BCUT2D eigenvalue weighted by molar-refractivity contribution is -0.0600. The van der Waals surface area contributed by atoms with Crippen molar-refractivity contribution in [3.8, 4) is 0 Å². The summed E-state index contributed by atoms with van der Waals surface area (Å²) >= 11 is 0. The Kier molecular flexibility index (Phi) is 9.75. The van der Waals surface area contributed by atoms with Crippen molar-refractivity contribution in [3.63, 3.8) is 0 Å². The van der Waals surface area contributed by atoms with E-state index in [1.807, 2.05) is 6.07 Å². The van der Waals surface area contributed by atoms with Gasteiger partial charge in [0.1, 0.15) is 36.7 Å². The average Bonchev–Trinajstić information content (AvgIpc) is 3.76. The number of benzene rings is 1. The first-order chi connectivity index (χ1) is 23.0. The Morgan fingerprint density at radius 1 is 1.12 bits per heavy atom. The summed E-state index contributed by atoms with van der Waals surface area (Å²) in [4.78, 5) is 49.5. The number of methoxy groups -OCH3 is 1. The number of nitrogens with one attached hydrogen (secondary N) is 3. The largest absolute Gasteiger partial charge is 0.406 e. The highest BCUT2D eigenvalue weighted by Gasteiger charge is 2.48. The van der Waals surface area contributed by atoms with Crippen LogP contribution < -0.4 is 27.6 Å². The van der Waals surface area contributed by atoms with E-state index >= 15 is 0 Å². The molecule has 7 N–H and O–H groups in total. The molecule has 1 aromatic carbocycles. The van der Waals surface area contributed by atoms with Gasteiger partial charge in [-0.2, -0.15) is 4.98 Å². The van der Waals surface area contributed by atoms with Gasteiger partial charge in [0.2, 0.25) is 5.95 Å². The third-order valence-corrected chi connectivity index (χ3v) is 9.71. The molecule has 2 unspecified atom stereocenters. The van der Waals surface area contributed by atoms with E-state index in [4.69, 9.17) is 29.0 Å². The second-order valence-electron chi connectivity index (χ2n) is 11.3. The minimum absolute atomic E-state index is 0.00494. The van der Waals surface area contributed by atoms with E-state index in [0.29, 0.717) is 0 Å². The zero-order valence-corrected chi connectivity index (χ0v) is 26.7. The number of hydrogen-bond donors (Lipinski definition) is 6. The molecule has 0 spiro atoms. The maximum absolute atomic E-state index is 14.3. The lowest BCUT2D eigenvalue weighted by atomic mass is 10.1. The summed E-state index contributed by atoms with van der Waals surface area (Å²) < 4.78 is 46.2. The molecule has 258 valence electrons. The van der Waals surface area contributed by atoms with Crippen LogP contribution in [0.15, 0.2) is 57.2 Å². The third-order valence-electron chi connectivity index (χ3n) is 8.13. The van der Waals surface area contributed by atoms with Gasteiger partial charge in [-0.25, -0.2) is 19.4 Å². The summed E-state index contributed by atoms with van der Waals surface area (Å²) in [6.07, 6.45) is -4.85. The molecule has 6 rings (SSSR count). The summed E-state index contributed by atoms with van der Waals surface area (Å²) in [6.45, 7) is 0.574. The Morgan fingerprint density at radius 2 is 1.90 bits per heavy atom. The molecule has 2 saturated heterocycles. The van der Waals surface area contributed by atoms with Crippen LogP contribution in [-0.4, -0.2) is 90.1 Å². The van der Waals surface area contributed by atoms with Crippen LogP contribution in [0.4, 0.5) is 5.95 Å². The number of H-pyrrole nitrogens is 2. The van der Waals surface area contributed by atoms with Crippen LogP contribution in [-0.2, 0) is 34.4 Å². The number of nitrogens with two attached hydrogens (primary N) is 1. The first-order valence-electron chi connectivity index (χ1n) is 14.9. The van der Waals surface area contributed by atoms with E-state index in [2.05, 4.69) is 25.0 Å². The Balaban J connectivity index is 1.22. The molecule has 2 fully saturated rings.